The summed E-state index contributed by atoms with van der Waals surface area (Å²) in [4.78, 5) is 12.7. The third kappa shape index (κ3) is 4.69. The fourth-order valence-corrected chi connectivity index (χ4v) is 6.17. The molecular formula is C24H20Cl2N2O4S. The first-order valence-electron chi connectivity index (χ1n) is 10.1. The quantitative estimate of drug-likeness (QED) is 0.365. The van der Waals surface area contributed by atoms with E-state index in [4.69, 9.17) is 23.2 Å². The first kappa shape index (κ1) is 23.5. The van der Waals surface area contributed by atoms with Gasteiger partial charge in [-0.2, -0.15) is 4.31 Å². The number of hydrogen-bond acceptors (Lipinski definition) is 4. The zero-order valence-corrected chi connectivity index (χ0v) is 19.6. The van der Waals surface area contributed by atoms with E-state index < -0.39 is 28.0 Å². The van der Waals surface area contributed by atoms with E-state index in [1.165, 1.54) is 16.4 Å². The maximum absolute atomic E-state index is 14.0. The monoisotopic (exact) mass is 502 g/mol. The first-order chi connectivity index (χ1) is 15.8. The van der Waals surface area contributed by atoms with Gasteiger partial charge in [0.2, 0.25) is 10.0 Å². The van der Waals surface area contributed by atoms with Crippen LogP contribution in [0.2, 0.25) is 10.0 Å². The third-order valence-electron chi connectivity index (χ3n) is 5.52. The third-order valence-corrected chi connectivity index (χ3v) is 7.89. The second kappa shape index (κ2) is 9.67. The molecular weight excluding hydrogens is 483 g/mol. The van der Waals surface area contributed by atoms with Crippen LogP contribution in [0.25, 0.3) is 0 Å². The van der Waals surface area contributed by atoms with Crippen LogP contribution < -0.4 is 5.48 Å². The van der Waals surface area contributed by atoms with Crippen LogP contribution in [0.1, 0.15) is 29.6 Å². The Morgan fingerprint density at radius 2 is 1.61 bits per heavy atom. The van der Waals surface area contributed by atoms with Gasteiger partial charge in [0.1, 0.15) is 0 Å². The molecule has 1 amide bonds. The predicted octanol–water partition coefficient (Wildman–Crippen LogP) is 5.30. The van der Waals surface area contributed by atoms with Crippen LogP contribution >= 0.6 is 23.2 Å². The van der Waals surface area contributed by atoms with Gasteiger partial charge in [0.15, 0.2) is 0 Å². The van der Waals surface area contributed by atoms with E-state index in [1.807, 2.05) is 0 Å². The molecule has 1 heterocycles. The molecule has 0 radical (unpaired) electrons. The molecule has 0 aliphatic carbocycles. The van der Waals surface area contributed by atoms with Gasteiger partial charge < -0.3 is 0 Å². The summed E-state index contributed by atoms with van der Waals surface area (Å²) in [6, 6.07) is 19.9. The topological polar surface area (TPSA) is 86.7 Å². The van der Waals surface area contributed by atoms with E-state index >= 15 is 0 Å². The summed E-state index contributed by atoms with van der Waals surface area (Å²) in [7, 11) is -4.10. The van der Waals surface area contributed by atoms with Crippen molar-refractivity contribution < 1.29 is 18.4 Å². The lowest BCUT2D eigenvalue weighted by molar-refractivity contribution is -0.126. The van der Waals surface area contributed by atoms with Crippen LogP contribution in [0.3, 0.4) is 0 Å². The summed E-state index contributed by atoms with van der Waals surface area (Å²) >= 11 is 12.3. The summed E-state index contributed by atoms with van der Waals surface area (Å²) in [5.74, 6) is -0.789. The van der Waals surface area contributed by atoms with E-state index in [-0.39, 0.29) is 16.9 Å². The second-order valence-electron chi connectivity index (χ2n) is 7.51. The van der Waals surface area contributed by atoms with Crippen LogP contribution in [0.4, 0.5) is 0 Å². The Kier molecular flexibility index (Phi) is 6.88. The average molecular weight is 503 g/mol. The van der Waals surface area contributed by atoms with E-state index in [0.717, 1.165) is 0 Å². The number of sulfonamides is 1. The maximum atomic E-state index is 14.0. The molecule has 0 saturated heterocycles. The smallest absolute Gasteiger partial charge is 0.272 e. The summed E-state index contributed by atoms with van der Waals surface area (Å²) in [5, 5.41) is 10.3. The number of nitrogens with one attached hydrogen (secondary N) is 1. The molecule has 33 heavy (non-hydrogen) atoms. The standard InChI is InChI=1S/C24H20Cl2N2O4S/c25-18-11-9-16(10-12-18)22-14-13-21(24(29)27-30)23(17-5-4-6-19(26)15-17)28(22)33(31,32)20-7-2-1-3-8-20/h1-13,15,22-23,30H,14H2,(H,27,29)/t22-,23?/m0/s1. The molecule has 4 rings (SSSR count). The molecule has 1 unspecified atom stereocenters. The molecule has 1 aliphatic heterocycles. The van der Waals surface area contributed by atoms with Crippen molar-refractivity contribution >= 4 is 39.1 Å². The largest absolute Gasteiger partial charge is 0.288 e. The van der Waals surface area contributed by atoms with Crippen molar-refractivity contribution in [1.82, 2.24) is 9.79 Å². The molecule has 9 heteroatoms. The lowest BCUT2D eigenvalue weighted by Crippen LogP contribution is -2.43. The lowest BCUT2D eigenvalue weighted by Gasteiger charge is -2.41. The number of carbonyl (C=O) groups is 1. The average Bonchev–Trinajstić information content (AvgIpc) is 2.83. The van der Waals surface area contributed by atoms with Crippen LogP contribution in [0, 0.1) is 0 Å². The van der Waals surface area contributed by atoms with Gasteiger partial charge >= 0.3 is 0 Å². The molecule has 2 atom stereocenters. The van der Waals surface area contributed by atoms with Gasteiger partial charge in [-0.15, -0.1) is 0 Å². The number of benzene rings is 3. The van der Waals surface area contributed by atoms with E-state index in [0.29, 0.717) is 21.2 Å². The number of hydrogen-bond donors (Lipinski definition) is 2. The van der Waals surface area contributed by atoms with Gasteiger partial charge in [-0.25, -0.2) is 13.9 Å². The van der Waals surface area contributed by atoms with Gasteiger partial charge in [-0.05, 0) is 53.9 Å². The Hall–Kier alpha value is -2.68. The summed E-state index contributed by atoms with van der Waals surface area (Å²) in [6.07, 6.45) is 1.86. The summed E-state index contributed by atoms with van der Waals surface area (Å²) in [5.41, 5.74) is 2.95. The zero-order chi connectivity index (χ0) is 23.6. The number of halogens is 2. The highest BCUT2D eigenvalue weighted by Gasteiger charge is 2.44. The molecule has 0 aromatic heterocycles. The number of carbonyl (C=O) groups excluding carboxylic acids is 1. The van der Waals surface area contributed by atoms with Gasteiger partial charge in [-0.1, -0.05) is 71.7 Å². The summed E-state index contributed by atoms with van der Waals surface area (Å²) < 4.78 is 29.3. The molecule has 0 fully saturated rings. The van der Waals surface area contributed by atoms with Crippen molar-refractivity contribution in [1.29, 1.82) is 0 Å². The molecule has 3 aromatic carbocycles. The minimum atomic E-state index is -4.10. The van der Waals surface area contributed by atoms with Crippen LogP contribution in [-0.2, 0) is 14.8 Å². The van der Waals surface area contributed by atoms with Crippen LogP contribution in [0.15, 0.2) is 95.4 Å². The van der Waals surface area contributed by atoms with Crippen molar-refractivity contribution in [2.45, 2.75) is 23.4 Å². The highest BCUT2D eigenvalue weighted by Crippen LogP contribution is 2.46. The highest BCUT2D eigenvalue weighted by atomic mass is 35.5. The van der Waals surface area contributed by atoms with Crippen molar-refractivity contribution in [3.63, 3.8) is 0 Å². The maximum Gasteiger partial charge on any atom is 0.272 e. The summed E-state index contributed by atoms with van der Waals surface area (Å²) in [6.45, 7) is 0. The molecule has 0 spiro atoms. The molecule has 0 saturated carbocycles. The molecule has 0 bridgehead atoms. The Morgan fingerprint density at radius 3 is 2.24 bits per heavy atom. The Labute approximate surface area is 202 Å². The van der Waals surface area contributed by atoms with Gasteiger partial charge in [0, 0.05) is 15.6 Å². The number of hydroxylamine groups is 1. The molecule has 170 valence electrons. The van der Waals surface area contributed by atoms with E-state index in [2.05, 4.69) is 0 Å². The molecule has 1 aliphatic rings. The van der Waals surface area contributed by atoms with Gasteiger partial charge in [-0.3, -0.25) is 10.0 Å². The van der Waals surface area contributed by atoms with Crippen LogP contribution in [-0.4, -0.2) is 23.8 Å². The van der Waals surface area contributed by atoms with E-state index in [9.17, 15) is 18.4 Å². The van der Waals surface area contributed by atoms with Crippen molar-refractivity contribution in [2.24, 2.45) is 0 Å². The van der Waals surface area contributed by atoms with E-state index in [1.54, 1.807) is 78.3 Å². The number of amides is 1. The second-order valence-corrected chi connectivity index (χ2v) is 10.2. The molecule has 3 aromatic rings. The Morgan fingerprint density at radius 1 is 0.909 bits per heavy atom. The minimum absolute atomic E-state index is 0.0849. The first-order valence-corrected chi connectivity index (χ1v) is 12.3. The minimum Gasteiger partial charge on any atom is -0.288 e. The Bertz CT molecular complexity index is 1300. The normalized spacial score (nSPS) is 19.1. The Balaban J connectivity index is 1.98. The SMILES string of the molecule is O=C(NO)C1=CC[C@@H](c2ccc(Cl)cc2)N(S(=O)(=O)c2ccccc2)C1c1cccc(Cl)c1. The molecule has 2 N–H and O–H groups in total. The van der Waals surface area contributed by atoms with Crippen molar-refractivity contribution in [2.75, 3.05) is 0 Å². The molecule has 6 nitrogen and oxygen atoms in total. The fourth-order valence-electron chi connectivity index (χ4n) is 4.04. The lowest BCUT2D eigenvalue weighted by atomic mass is 9.89. The van der Waals surface area contributed by atoms with Crippen LogP contribution in [0.5, 0.6) is 0 Å². The highest BCUT2D eigenvalue weighted by molar-refractivity contribution is 7.89. The van der Waals surface area contributed by atoms with Gasteiger partial charge in [0.25, 0.3) is 5.91 Å². The van der Waals surface area contributed by atoms with Crippen molar-refractivity contribution in [3.05, 3.63) is 112 Å². The number of nitrogens with zero attached hydrogens (tertiary/aromatic N) is 1. The predicted molar refractivity (Wildman–Crippen MR) is 126 cm³/mol. The van der Waals surface area contributed by atoms with Gasteiger partial charge in [0.05, 0.1) is 17.0 Å². The fraction of sp³-hybridized carbons (Fsp3) is 0.125. The number of rotatable bonds is 5. The zero-order valence-electron chi connectivity index (χ0n) is 17.2. The van der Waals surface area contributed by atoms with Crippen molar-refractivity contribution in [3.8, 4) is 0 Å².